The third kappa shape index (κ3) is 2.79. The Morgan fingerprint density at radius 2 is 2.05 bits per heavy atom. The first kappa shape index (κ1) is 13.7. The second kappa shape index (κ2) is 5.28. The third-order valence-corrected chi connectivity index (χ3v) is 3.93. The van der Waals surface area contributed by atoms with Gasteiger partial charge in [0.15, 0.2) is 0 Å². The van der Waals surface area contributed by atoms with Crippen molar-refractivity contribution in [1.82, 2.24) is 4.90 Å². The molecule has 110 valence electrons. The summed E-state index contributed by atoms with van der Waals surface area (Å²) in [5, 5.41) is 0. The Hall–Kier alpha value is -2.23. The number of rotatable bonds is 4. The zero-order valence-electron chi connectivity index (χ0n) is 12.4. The summed E-state index contributed by atoms with van der Waals surface area (Å²) >= 11 is 0. The molecule has 2 N–H and O–H groups in total. The molecule has 0 saturated heterocycles. The Balaban J connectivity index is 1.87. The van der Waals surface area contributed by atoms with Crippen molar-refractivity contribution in [3.05, 3.63) is 53.0 Å². The van der Waals surface area contributed by atoms with E-state index in [1.54, 1.807) is 6.07 Å². The molecule has 1 saturated carbocycles. The maximum Gasteiger partial charge on any atom is 0.256 e. The van der Waals surface area contributed by atoms with Gasteiger partial charge in [0.1, 0.15) is 11.5 Å². The fourth-order valence-electron chi connectivity index (χ4n) is 2.51. The molecule has 2 aromatic rings. The minimum atomic E-state index is -0.00671. The number of nitrogens with two attached hydrogens (primary N) is 1. The van der Waals surface area contributed by atoms with Crippen LogP contribution >= 0.6 is 0 Å². The lowest BCUT2D eigenvalue weighted by Crippen LogP contribution is -2.33. The highest BCUT2D eigenvalue weighted by atomic mass is 16.3. The minimum absolute atomic E-state index is 0.00671. The Bertz CT molecular complexity index is 671. The average molecular weight is 284 g/mol. The summed E-state index contributed by atoms with van der Waals surface area (Å²) in [5.41, 5.74) is 8.17. The van der Waals surface area contributed by atoms with Crippen molar-refractivity contribution >= 4 is 11.6 Å². The van der Waals surface area contributed by atoms with Crippen molar-refractivity contribution in [1.29, 1.82) is 0 Å². The Kier molecular flexibility index (Phi) is 3.45. The van der Waals surface area contributed by atoms with E-state index in [1.165, 1.54) is 0 Å². The van der Waals surface area contributed by atoms with E-state index in [2.05, 4.69) is 0 Å². The predicted octanol–water partition coefficient (Wildman–Crippen LogP) is 3.28. The van der Waals surface area contributed by atoms with E-state index >= 15 is 0 Å². The minimum Gasteiger partial charge on any atom is -0.464 e. The number of hydrogen-bond donors (Lipinski definition) is 1. The van der Waals surface area contributed by atoms with Crippen molar-refractivity contribution in [3.63, 3.8) is 0 Å². The Labute approximate surface area is 124 Å². The molecule has 4 heteroatoms. The number of para-hydroxylation sites is 1. The molecule has 1 aliphatic carbocycles. The molecule has 21 heavy (non-hydrogen) atoms. The van der Waals surface area contributed by atoms with Crippen LogP contribution in [0.25, 0.3) is 0 Å². The molecule has 1 heterocycles. The average Bonchev–Trinajstić information content (AvgIpc) is 3.22. The fraction of sp³-hybridized carbons (Fsp3) is 0.353. The van der Waals surface area contributed by atoms with Gasteiger partial charge in [0.25, 0.3) is 5.91 Å². The standard InChI is InChI=1S/C17H20N2O2/c1-11-4-3-5-15(16(11)18)17(20)19(13-7-8-13)10-14-9-6-12(2)21-14/h3-6,9,13H,7-8,10,18H2,1-2H3. The molecular weight excluding hydrogens is 264 g/mol. The number of aryl methyl sites for hydroxylation is 2. The van der Waals surface area contributed by atoms with Crippen molar-refractivity contribution in [2.45, 2.75) is 39.3 Å². The number of hydrogen-bond acceptors (Lipinski definition) is 3. The van der Waals surface area contributed by atoms with Crippen LogP contribution in [0, 0.1) is 13.8 Å². The largest absolute Gasteiger partial charge is 0.464 e. The monoisotopic (exact) mass is 284 g/mol. The van der Waals surface area contributed by atoms with Crippen LogP contribution in [0.3, 0.4) is 0 Å². The van der Waals surface area contributed by atoms with Gasteiger partial charge >= 0.3 is 0 Å². The number of nitrogens with zero attached hydrogens (tertiary/aromatic N) is 1. The van der Waals surface area contributed by atoms with Gasteiger partial charge in [0.05, 0.1) is 12.1 Å². The summed E-state index contributed by atoms with van der Waals surface area (Å²) in [6.07, 6.45) is 2.11. The molecule has 0 unspecified atom stereocenters. The normalized spacial score (nSPS) is 14.2. The number of furan rings is 1. The summed E-state index contributed by atoms with van der Waals surface area (Å²) in [6.45, 7) is 4.33. The van der Waals surface area contributed by atoms with Gasteiger partial charge in [-0.25, -0.2) is 0 Å². The van der Waals surface area contributed by atoms with Crippen LogP contribution in [0.2, 0.25) is 0 Å². The molecule has 0 spiro atoms. The molecule has 1 fully saturated rings. The van der Waals surface area contributed by atoms with Gasteiger partial charge < -0.3 is 15.1 Å². The second-order valence-corrected chi connectivity index (χ2v) is 5.71. The van der Waals surface area contributed by atoms with E-state index in [4.69, 9.17) is 10.2 Å². The first-order valence-electron chi connectivity index (χ1n) is 7.27. The lowest BCUT2D eigenvalue weighted by molar-refractivity contribution is 0.0718. The van der Waals surface area contributed by atoms with Gasteiger partial charge in [0.2, 0.25) is 0 Å². The fourth-order valence-corrected chi connectivity index (χ4v) is 2.51. The van der Waals surface area contributed by atoms with Gasteiger partial charge in [-0.2, -0.15) is 0 Å². The van der Waals surface area contributed by atoms with Crippen molar-refractivity contribution in [3.8, 4) is 0 Å². The summed E-state index contributed by atoms with van der Waals surface area (Å²) < 4.78 is 5.61. The summed E-state index contributed by atoms with van der Waals surface area (Å²) in [7, 11) is 0. The topological polar surface area (TPSA) is 59.5 Å². The zero-order chi connectivity index (χ0) is 15.0. The maximum atomic E-state index is 12.8. The van der Waals surface area contributed by atoms with Crippen LogP contribution in [0.5, 0.6) is 0 Å². The lowest BCUT2D eigenvalue weighted by atomic mass is 10.1. The molecule has 1 aliphatic rings. The number of amides is 1. The van der Waals surface area contributed by atoms with E-state index in [-0.39, 0.29) is 5.91 Å². The first-order valence-corrected chi connectivity index (χ1v) is 7.27. The van der Waals surface area contributed by atoms with Crippen LogP contribution in [-0.4, -0.2) is 16.8 Å². The summed E-state index contributed by atoms with van der Waals surface area (Å²) in [6, 6.07) is 9.75. The van der Waals surface area contributed by atoms with Crippen LogP contribution < -0.4 is 5.73 Å². The highest BCUT2D eigenvalue weighted by molar-refractivity contribution is 6.00. The van der Waals surface area contributed by atoms with E-state index in [0.717, 1.165) is 29.9 Å². The number of carbonyl (C=O) groups is 1. The smallest absolute Gasteiger partial charge is 0.256 e. The molecule has 3 rings (SSSR count). The predicted molar refractivity (Wildman–Crippen MR) is 81.9 cm³/mol. The van der Waals surface area contributed by atoms with Crippen LogP contribution in [0.15, 0.2) is 34.7 Å². The van der Waals surface area contributed by atoms with E-state index in [1.807, 2.05) is 43.0 Å². The molecule has 0 aliphatic heterocycles. The van der Waals surface area contributed by atoms with Crippen LogP contribution in [0.4, 0.5) is 5.69 Å². The molecule has 0 radical (unpaired) electrons. The Morgan fingerprint density at radius 1 is 1.29 bits per heavy atom. The van der Waals surface area contributed by atoms with Crippen molar-refractivity contribution < 1.29 is 9.21 Å². The third-order valence-electron chi connectivity index (χ3n) is 3.93. The van der Waals surface area contributed by atoms with E-state index < -0.39 is 0 Å². The lowest BCUT2D eigenvalue weighted by Gasteiger charge is -2.22. The number of benzene rings is 1. The molecule has 0 bridgehead atoms. The number of carbonyl (C=O) groups excluding carboxylic acids is 1. The van der Waals surface area contributed by atoms with Gasteiger partial charge in [-0.3, -0.25) is 4.79 Å². The van der Waals surface area contributed by atoms with E-state index in [0.29, 0.717) is 23.8 Å². The molecule has 0 atom stereocenters. The molecular formula is C17H20N2O2. The highest BCUT2D eigenvalue weighted by Crippen LogP contribution is 2.31. The summed E-state index contributed by atoms with van der Waals surface area (Å²) in [5.74, 6) is 1.68. The number of anilines is 1. The van der Waals surface area contributed by atoms with Gasteiger partial charge in [-0.05, 0) is 50.5 Å². The molecule has 1 aromatic carbocycles. The number of nitrogen functional groups attached to an aromatic ring is 1. The summed E-state index contributed by atoms with van der Waals surface area (Å²) in [4.78, 5) is 14.7. The zero-order valence-corrected chi connectivity index (χ0v) is 12.4. The molecule has 4 nitrogen and oxygen atoms in total. The molecule has 1 amide bonds. The highest BCUT2D eigenvalue weighted by Gasteiger charge is 2.34. The van der Waals surface area contributed by atoms with Gasteiger partial charge in [-0.1, -0.05) is 12.1 Å². The quantitative estimate of drug-likeness (QED) is 0.876. The Morgan fingerprint density at radius 3 is 2.67 bits per heavy atom. The maximum absolute atomic E-state index is 12.8. The van der Waals surface area contributed by atoms with Gasteiger partial charge in [0, 0.05) is 11.7 Å². The molecule has 1 aromatic heterocycles. The second-order valence-electron chi connectivity index (χ2n) is 5.71. The van der Waals surface area contributed by atoms with E-state index in [9.17, 15) is 4.79 Å². The first-order chi connectivity index (χ1) is 10.1. The van der Waals surface area contributed by atoms with Crippen molar-refractivity contribution in [2.75, 3.05) is 5.73 Å². The van der Waals surface area contributed by atoms with Gasteiger partial charge in [-0.15, -0.1) is 0 Å². The van der Waals surface area contributed by atoms with Crippen LogP contribution in [0.1, 0.15) is 40.3 Å². The van der Waals surface area contributed by atoms with Crippen LogP contribution in [-0.2, 0) is 6.54 Å². The SMILES string of the molecule is Cc1ccc(CN(C(=O)c2cccc(C)c2N)C2CC2)o1. The van der Waals surface area contributed by atoms with Crippen molar-refractivity contribution in [2.24, 2.45) is 0 Å².